The third kappa shape index (κ3) is 3.16. The van der Waals surface area contributed by atoms with Crippen molar-refractivity contribution in [2.75, 3.05) is 44.5 Å². The number of rotatable bonds is 4. The Morgan fingerprint density at radius 3 is 3.11 bits per heavy atom. The van der Waals surface area contributed by atoms with Gasteiger partial charge in [0.15, 0.2) is 5.82 Å². The fourth-order valence-corrected chi connectivity index (χ4v) is 3.09. The number of nitrogens with zero attached hydrogens (tertiary/aromatic N) is 2. The highest BCUT2D eigenvalue weighted by atomic mass is 32.1. The lowest BCUT2D eigenvalue weighted by atomic mass is 10.0. The SMILES string of the molecule is CNC(=O)c1c(N)nsc1N(C)CC1CCCOC1. The minimum atomic E-state index is -0.187. The van der Waals surface area contributed by atoms with Gasteiger partial charge in [0.1, 0.15) is 10.6 Å². The van der Waals surface area contributed by atoms with E-state index in [0.29, 0.717) is 17.3 Å². The van der Waals surface area contributed by atoms with Crippen LogP contribution in [0.5, 0.6) is 0 Å². The average molecular weight is 284 g/mol. The number of ether oxygens (including phenoxy) is 1. The number of nitrogens with one attached hydrogen (secondary N) is 1. The lowest BCUT2D eigenvalue weighted by Crippen LogP contribution is -2.32. The van der Waals surface area contributed by atoms with E-state index in [1.807, 2.05) is 7.05 Å². The van der Waals surface area contributed by atoms with E-state index in [1.54, 1.807) is 7.05 Å². The van der Waals surface area contributed by atoms with Gasteiger partial charge in [-0.15, -0.1) is 0 Å². The van der Waals surface area contributed by atoms with Crippen molar-refractivity contribution in [3.8, 4) is 0 Å². The Morgan fingerprint density at radius 2 is 2.47 bits per heavy atom. The molecule has 0 bridgehead atoms. The largest absolute Gasteiger partial charge is 0.382 e. The molecule has 0 radical (unpaired) electrons. The molecule has 0 spiro atoms. The van der Waals surface area contributed by atoms with Crippen LogP contribution in [0.15, 0.2) is 0 Å². The van der Waals surface area contributed by atoms with Gasteiger partial charge >= 0.3 is 0 Å². The van der Waals surface area contributed by atoms with Gasteiger partial charge in [-0.25, -0.2) is 0 Å². The maximum Gasteiger partial charge on any atom is 0.257 e. The number of carbonyl (C=O) groups is 1. The fraction of sp³-hybridized carbons (Fsp3) is 0.667. The zero-order valence-corrected chi connectivity index (χ0v) is 12.1. The molecule has 1 saturated heterocycles. The Kier molecular flexibility index (Phi) is 4.60. The third-order valence-corrected chi connectivity index (χ3v) is 4.26. The fourth-order valence-electron chi connectivity index (χ4n) is 2.31. The monoisotopic (exact) mass is 284 g/mol. The van der Waals surface area contributed by atoms with Crippen molar-refractivity contribution in [3.63, 3.8) is 0 Å². The Balaban J connectivity index is 2.10. The molecule has 1 fully saturated rings. The Bertz CT molecular complexity index is 443. The van der Waals surface area contributed by atoms with E-state index in [1.165, 1.54) is 11.5 Å². The first kappa shape index (κ1) is 14.1. The first-order valence-corrected chi connectivity index (χ1v) is 7.17. The highest BCUT2D eigenvalue weighted by molar-refractivity contribution is 7.11. The molecule has 7 heteroatoms. The maximum absolute atomic E-state index is 11.8. The molecule has 106 valence electrons. The molecule has 2 heterocycles. The summed E-state index contributed by atoms with van der Waals surface area (Å²) < 4.78 is 9.57. The second kappa shape index (κ2) is 6.21. The van der Waals surface area contributed by atoms with Crippen LogP contribution in [0.2, 0.25) is 0 Å². The standard InChI is InChI=1S/C12H20N4O2S/c1-14-11(17)9-10(13)15-19-12(9)16(2)6-8-4-3-5-18-7-8/h8H,3-7H2,1-2H3,(H2,13,15)(H,14,17). The molecule has 1 atom stereocenters. The van der Waals surface area contributed by atoms with Crippen LogP contribution in [0.25, 0.3) is 0 Å². The average Bonchev–Trinajstić information content (AvgIpc) is 2.81. The summed E-state index contributed by atoms with van der Waals surface area (Å²) >= 11 is 1.27. The molecule has 6 nitrogen and oxygen atoms in total. The van der Waals surface area contributed by atoms with E-state index in [9.17, 15) is 4.79 Å². The second-order valence-corrected chi connectivity index (χ2v) is 5.54. The van der Waals surface area contributed by atoms with E-state index < -0.39 is 0 Å². The zero-order chi connectivity index (χ0) is 13.8. The summed E-state index contributed by atoms with van der Waals surface area (Å²) in [6, 6.07) is 0. The van der Waals surface area contributed by atoms with Crippen LogP contribution in [0.4, 0.5) is 10.8 Å². The Hall–Kier alpha value is -1.34. The molecule has 1 aromatic rings. The number of hydrogen-bond donors (Lipinski definition) is 2. The minimum absolute atomic E-state index is 0.187. The van der Waals surface area contributed by atoms with Crippen molar-refractivity contribution in [1.29, 1.82) is 0 Å². The van der Waals surface area contributed by atoms with Crippen molar-refractivity contribution in [2.45, 2.75) is 12.8 Å². The third-order valence-electron chi connectivity index (χ3n) is 3.29. The predicted octanol–water partition coefficient (Wildman–Crippen LogP) is 0.948. The summed E-state index contributed by atoms with van der Waals surface area (Å²) in [5.41, 5.74) is 6.25. The number of aromatic nitrogens is 1. The molecule has 1 amide bonds. The first-order chi connectivity index (χ1) is 9.13. The summed E-state index contributed by atoms with van der Waals surface area (Å²) in [6.07, 6.45) is 2.26. The van der Waals surface area contributed by atoms with Gasteiger partial charge in [0.2, 0.25) is 0 Å². The first-order valence-electron chi connectivity index (χ1n) is 6.39. The van der Waals surface area contributed by atoms with E-state index in [0.717, 1.165) is 37.6 Å². The van der Waals surface area contributed by atoms with Crippen molar-refractivity contribution in [1.82, 2.24) is 9.69 Å². The van der Waals surface area contributed by atoms with Crippen LogP contribution in [0.1, 0.15) is 23.2 Å². The lowest BCUT2D eigenvalue weighted by Gasteiger charge is -2.27. The molecule has 0 aromatic carbocycles. The highest BCUT2D eigenvalue weighted by Gasteiger charge is 2.23. The number of amides is 1. The van der Waals surface area contributed by atoms with Gasteiger partial charge in [-0.2, -0.15) is 4.37 Å². The molecule has 0 saturated carbocycles. The van der Waals surface area contributed by atoms with Gasteiger partial charge in [-0.3, -0.25) is 4.79 Å². The van der Waals surface area contributed by atoms with E-state index in [4.69, 9.17) is 10.5 Å². The minimum Gasteiger partial charge on any atom is -0.382 e. The van der Waals surface area contributed by atoms with Crippen LogP contribution < -0.4 is 16.0 Å². The van der Waals surface area contributed by atoms with E-state index in [2.05, 4.69) is 14.6 Å². The van der Waals surface area contributed by atoms with Gasteiger partial charge in [0, 0.05) is 27.2 Å². The van der Waals surface area contributed by atoms with E-state index in [-0.39, 0.29) is 5.91 Å². The van der Waals surface area contributed by atoms with Gasteiger partial charge < -0.3 is 20.7 Å². The highest BCUT2D eigenvalue weighted by Crippen LogP contribution is 2.30. The summed E-state index contributed by atoms with van der Waals surface area (Å²) in [5, 5.41) is 3.43. The molecule has 2 rings (SSSR count). The lowest BCUT2D eigenvalue weighted by molar-refractivity contribution is 0.0577. The predicted molar refractivity (Wildman–Crippen MR) is 76.7 cm³/mol. The molecule has 1 unspecified atom stereocenters. The number of carbonyl (C=O) groups excluding carboxylic acids is 1. The summed E-state index contributed by atoms with van der Waals surface area (Å²) in [4.78, 5) is 13.9. The summed E-state index contributed by atoms with van der Waals surface area (Å²) in [5.74, 6) is 0.610. The smallest absolute Gasteiger partial charge is 0.257 e. The van der Waals surface area contributed by atoms with Gasteiger partial charge in [0.05, 0.1) is 6.61 Å². The van der Waals surface area contributed by atoms with Crippen LogP contribution >= 0.6 is 11.5 Å². The van der Waals surface area contributed by atoms with Crippen molar-refractivity contribution in [2.24, 2.45) is 5.92 Å². The van der Waals surface area contributed by atoms with E-state index >= 15 is 0 Å². The van der Waals surface area contributed by atoms with Gasteiger partial charge in [-0.1, -0.05) is 0 Å². The number of hydrogen-bond acceptors (Lipinski definition) is 6. The van der Waals surface area contributed by atoms with Crippen LogP contribution in [-0.2, 0) is 4.74 Å². The van der Waals surface area contributed by atoms with Crippen molar-refractivity contribution >= 4 is 28.3 Å². The molecule has 3 N–H and O–H groups in total. The Labute approximate surface area is 117 Å². The van der Waals surface area contributed by atoms with Gasteiger partial charge in [-0.05, 0) is 30.3 Å². The summed E-state index contributed by atoms with van der Waals surface area (Å²) in [7, 11) is 3.56. The quantitative estimate of drug-likeness (QED) is 0.860. The second-order valence-electron chi connectivity index (χ2n) is 4.79. The van der Waals surface area contributed by atoms with Gasteiger partial charge in [0.25, 0.3) is 5.91 Å². The summed E-state index contributed by atoms with van der Waals surface area (Å²) in [6.45, 7) is 2.50. The molecule has 1 aliphatic heterocycles. The zero-order valence-electron chi connectivity index (χ0n) is 11.3. The Morgan fingerprint density at radius 1 is 1.68 bits per heavy atom. The molecule has 1 aliphatic rings. The number of nitrogens with two attached hydrogens (primary N) is 1. The van der Waals surface area contributed by atoms with Crippen LogP contribution in [-0.4, -0.2) is 44.1 Å². The number of nitrogen functional groups attached to an aromatic ring is 1. The molecule has 0 aliphatic carbocycles. The number of anilines is 2. The molecule has 19 heavy (non-hydrogen) atoms. The van der Waals surface area contributed by atoms with Crippen LogP contribution in [0, 0.1) is 5.92 Å². The molecule has 1 aromatic heterocycles. The van der Waals surface area contributed by atoms with Crippen LogP contribution in [0.3, 0.4) is 0 Å². The van der Waals surface area contributed by atoms with Crippen molar-refractivity contribution in [3.05, 3.63) is 5.56 Å². The van der Waals surface area contributed by atoms with Crippen molar-refractivity contribution < 1.29 is 9.53 Å². The molecular formula is C12H20N4O2S. The normalized spacial score (nSPS) is 19.2. The molecular weight excluding hydrogens is 264 g/mol. The maximum atomic E-state index is 11.8. The topological polar surface area (TPSA) is 80.5 Å².